The van der Waals surface area contributed by atoms with Crippen molar-refractivity contribution < 1.29 is 14.3 Å². The predicted octanol–water partition coefficient (Wildman–Crippen LogP) is 2.77. The van der Waals surface area contributed by atoms with Crippen LogP contribution in [0.2, 0.25) is 0 Å². The monoisotopic (exact) mass is 312 g/mol. The van der Waals surface area contributed by atoms with E-state index in [2.05, 4.69) is 9.97 Å². The van der Waals surface area contributed by atoms with Gasteiger partial charge in [-0.2, -0.15) is 0 Å². The molecule has 0 aromatic carbocycles. The minimum absolute atomic E-state index is 0.0608. The molecule has 1 unspecified atom stereocenters. The summed E-state index contributed by atoms with van der Waals surface area (Å²) in [5.41, 5.74) is 1.92. The summed E-state index contributed by atoms with van der Waals surface area (Å²) in [4.78, 5) is 20.9. The molecule has 0 amide bonds. The summed E-state index contributed by atoms with van der Waals surface area (Å²) >= 11 is 0. The quantitative estimate of drug-likeness (QED) is 0.768. The minimum atomic E-state index is -0.0608. The van der Waals surface area contributed by atoms with E-state index >= 15 is 0 Å². The van der Waals surface area contributed by atoms with E-state index in [9.17, 15) is 4.79 Å². The Morgan fingerprint density at radius 2 is 2.30 bits per heavy atom. The molecule has 2 aromatic heterocycles. The predicted molar refractivity (Wildman–Crippen MR) is 85.7 cm³/mol. The van der Waals surface area contributed by atoms with Crippen LogP contribution in [0.3, 0.4) is 0 Å². The normalized spacial score (nSPS) is 17.2. The van der Waals surface area contributed by atoms with Gasteiger partial charge >= 0.3 is 0 Å². The zero-order valence-electron chi connectivity index (χ0n) is 13.2. The molecule has 120 valence electrons. The van der Waals surface area contributed by atoms with Crippen LogP contribution in [0.5, 0.6) is 5.75 Å². The molecule has 0 saturated carbocycles. The van der Waals surface area contributed by atoms with Crippen LogP contribution in [0.15, 0.2) is 36.5 Å². The molecule has 5 nitrogen and oxygen atoms in total. The third kappa shape index (κ3) is 4.36. The maximum absolute atomic E-state index is 12.4. The van der Waals surface area contributed by atoms with Crippen molar-refractivity contribution >= 4 is 5.78 Å². The van der Waals surface area contributed by atoms with Crippen LogP contribution in [0.1, 0.15) is 34.7 Å². The van der Waals surface area contributed by atoms with E-state index in [0.29, 0.717) is 18.1 Å². The molecule has 3 heterocycles. The van der Waals surface area contributed by atoms with Crippen LogP contribution in [-0.4, -0.2) is 35.1 Å². The van der Waals surface area contributed by atoms with E-state index in [1.807, 2.05) is 31.2 Å². The summed E-state index contributed by atoms with van der Waals surface area (Å²) in [6.07, 6.45) is 4.17. The third-order valence-electron chi connectivity index (χ3n) is 3.74. The van der Waals surface area contributed by atoms with Crippen LogP contribution in [0, 0.1) is 6.92 Å². The number of hydrogen-bond donors (Lipinski definition) is 0. The Morgan fingerprint density at radius 3 is 3.04 bits per heavy atom. The summed E-state index contributed by atoms with van der Waals surface area (Å²) < 4.78 is 11.3. The molecule has 1 aliphatic rings. The first-order valence-electron chi connectivity index (χ1n) is 7.87. The Hall–Kier alpha value is -2.27. The minimum Gasteiger partial charge on any atom is -0.491 e. The topological polar surface area (TPSA) is 61.3 Å². The number of ketones is 1. The number of ether oxygens (including phenoxy) is 2. The highest BCUT2D eigenvalue weighted by molar-refractivity contribution is 5.95. The first-order valence-corrected chi connectivity index (χ1v) is 7.87. The van der Waals surface area contributed by atoms with Crippen molar-refractivity contribution in [2.75, 3.05) is 13.2 Å². The Bertz CT molecular complexity index is 667. The van der Waals surface area contributed by atoms with Crippen molar-refractivity contribution in [3.05, 3.63) is 53.6 Å². The molecule has 1 fully saturated rings. The maximum Gasteiger partial charge on any atom is 0.187 e. The van der Waals surface area contributed by atoms with E-state index in [1.165, 1.54) is 0 Å². The van der Waals surface area contributed by atoms with E-state index in [4.69, 9.17) is 9.47 Å². The van der Waals surface area contributed by atoms with Crippen LogP contribution >= 0.6 is 0 Å². The molecule has 5 heteroatoms. The van der Waals surface area contributed by atoms with Gasteiger partial charge in [0.25, 0.3) is 0 Å². The van der Waals surface area contributed by atoms with Crippen LogP contribution < -0.4 is 4.74 Å². The van der Waals surface area contributed by atoms with Gasteiger partial charge in [0.15, 0.2) is 5.78 Å². The molecule has 2 aromatic rings. The van der Waals surface area contributed by atoms with Gasteiger partial charge in [-0.05, 0) is 31.9 Å². The van der Waals surface area contributed by atoms with Gasteiger partial charge in [-0.1, -0.05) is 6.07 Å². The van der Waals surface area contributed by atoms with Gasteiger partial charge in [-0.15, -0.1) is 0 Å². The second kappa shape index (κ2) is 7.33. The zero-order chi connectivity index (χ0) is 16.1. The second-order valence-corrected chi connectivity index (χ2v) is 5.70. The molecular weight excluding hydrogens is 292 g/mol. The molecule has 1 atom stereocenters. The lowest BCUT2D eigenvalue weighted by atomic mass is 10.1. The van der Waals surface area contributed by atoms with Crippen molar-refractivity contribution in [2.24, 2.45) is 0 Å². The Balaban J connectivity index is 1.67. The summed E-state index contributed by atoms with van der Waals surface area (Å²) in [7, 11) is 0. The average Bonchev–Trinajstić information content (AvgIpc) is 3.07. The van der Waals surface area contributed by atoms with Gasteiger partial charge in [-0.3, -0.25) is 9.78 Å². The number of pyridine rings is 2. The molecule has 23 heavy (non-hydrogen) atoms. The SMILES string of the molecule is Cc1cc(OCC2CCCO2)cc(C(=O)Cc2ccccn2)n1. The Morgan fingerprint density at radius 1 is 1.39 bits per heavy atom. The molecule has 1 aliphatic heterocycles. The molecule has 0 spiro atoms. The highest BCUT2D eigenvalue weighted by Crippen LogP contribution is 2.18. The number of Topliss-reactive ketones (excluding diaryl/α,β-unsaturated/α-hetero) is 1. The van der Waals surface area contributed by atoms with Gasteiger partial charge in [0.2, 0.25) is 0 Å². The average molecular weight is 312 g/mol. The first kappa shape index (κ1) is 15.6. The van der Waals surface area contributed by atoms with E-state index < -0.39 is 0 Å². The lowest BCUT2D eigenvalue weighted by molar-refractivity contribution is 0.0678. The smallest absolute Gasteiger partial charge is 0.187 e. The van der Waals surface area contributed by atoms with Gasteiger partial charge in [0, 0.05) is 36.3 Å². The van der Waals surface area contributed by atoms with Gasteiger partial charge in [-0.25, -0.2) is 4.98 Å². The van der Waals surface area contributed by atoms with Crippen molar-refractivity contribution in [1.82, 2.24) is 9.97 Å². The molecule has 0 N–H and O–H groups in total. The van der Waals surface area contributed by atoms with Gasteiger partial charge in [0.1, 0.15) is 18.1 Å². The number of nitrogens with zero attached hydrogens (tertiary/aromatic N) is 2. The van der Waals surface area contributed by atoms with Gasteiger partial charge < -0.3 is 9.47 Å². The summed E-state index contributed by atoms with van der Waals surface area (Å²) in [6, 6.07) is 9.08. The van der Waals surface area contributed by atoms with Crippen molar-refractivity contribution in [3.8, 4) is 5.75 Å². The van der Waals surface area contributed by atoms with Gasteiger partial charge in [0.05, 0.1) is 12.5 Å². The lowest BCUT2D eigenvalue weighted by Gasteiger charge is -2.12. The number of rotatable bonds is 6. The fourth-order valence-corrected chi connectivity index (χ4v) is 2.59. The summed E-state index contributed by atoms with van der Waals surface area (Å²) in [5.74, 6) is 0.603. The van der Waals surface area contributed by atoms with Crippen molar-refractivity contribution in [3.63, 3.8) is 0 Å². The number of aryl methyl sites for hydroxylation is 1. The van der Waals surface area contributed by atoms with E-state index in [-0.39, 0.29) is 18.3 Å². The number of carbonyl (C=O) groups excluding carboxylic acids is 1. The van der Waals surface area contributed by atoms with E-state index in [1.54, 1.807) is 12.3 Å². The van der Waals surface area contributed by atoms with Crippen LogP contribution in [0.4, 0.5) is 0 Å². The Kier molecular flexibility index (Phi) is 4.98. The van der Waals surface area contributed by atoms with Crippen molar-refractivity contribution in [1.29, 1.82) is 0 Å². The van der Waals surface area contributed by atoms with Crippen LogP contribution in [-0.2, 0) is 11.2 Å². The molecule has 0 bridgehead atoms. The number of carbonyl (C=O) groups is 1. The summed E-state index contributed by atoms with van der Waals surface area (Å²) in [5, 5.41) is 0. The molecule has 0 aliphatic carbocycles. The molecule has 0 radical (unpaired) electrons. The molecule has 1 saturated heterocycles. The van der Waals surface area contributed by atoms with Crippen LogP contribution in [0.25, 0.3) is 0 Å². The fourth-order valence-electron chi connectivity index (χ4n) is 2.59. The van der Waals surface area contributed by atoms with Crippen molar-refractivity contribution in [2.45, 2.75) is 32.3 Å². The third-order valence-corrected chi connectivity index (χ3v) is 3.74. The fraction of sp³-hybridized carbons (Fsp3) is 0.389. The highest BCUT2D eigenvalue weighted by Gasteiger charge is 2.17. The first-order chi connectivity index (χ1) is 11.2. The van der Waals surface area contributed by atoms with E-state index in [0.717, 1.165) is 30.8 Å². The number of aromatic nitrogens is 2. The second-order valence-electron chi connectivity index (χ2n) is 5.70. The maximum atomic E-state index is 12.4. The Labute approximate surface area is 135 Å². The standard InChI is InChI=1S/C18H20N2O3/c1-13-9-16(23-12-15-6-4-8-22-15)11-17(20-13)18(21)10-14-5-2-3-7-19-14/h2-3,5,7,9,11,15H,4,6,8,10,12H2,1H3. The highest BCUT2D eigenvalue weighted by atomic mass is 16.5. The largest absolute Gasteiger partial charge is 0.491 e. The zero-order valence-corrected chi connectivity index (χ0v) is 13.2. The summed E-state index contributed by atoms with van der Waals surface area (Å²) in [6.45, 7) is 3.17. The lowest BCUT2D eigenvalue weighted by Crippen LogP contribution is -2.17. The molecular formula is C18H20N2O3. The molecule has 3 rings (SSSR count). The number of hydrogen-bond acceptors (Lipinski definition) is 5.